The third kappa shape index (κ3) is 5.83. The van der Waals surface area contributed by atoms with Gasteiger partial charge in [-0.25, -0.2) is 0 Å². The van der Waals surface area contributed by atoms with Crippen LogP contribution in [0.15, 0.2) is 51.7 Å². The standard InChI is InChI=1S/C27H31ClN2O3.ClH/c1-17(2)19-7-9-20(10-8-19)23(30-11-5-4-6-12-30)16-29-27(32)26-15-24(31)21-14-22(28)18(3)13-25(21)33-26;/h7-10,13-15,17,23H,4-6,11-12,16H2,1-3H3,(H,29,32);1H. The van der Waals surface area contributed by atoms with Gasteiger partial charge < -0.3 is 9.73 Å². The lowest BCUT2D eigenvalue weighted by Crippen LogP contribution is -2.40. The summed E-state index contributed by atoms with van der Waals surface area (Å²) in [5.41, 5.74) is 3.37. The average Bonchev–Trinajstić information content (AvgIpc) is 2.81. The van der Waals surface area contributed by atoms with E-state index in [1.165, 1.54) is 23.6 Å². The second kappa shape index (κ2) is 11.4. The highest BCUT2D eigenvalue weighted by molar-refractivity contribution is 6.32. The van der Waals surface area contributed by atoms with Crippen LogP contribution >= 0.6 is 24.0 Å². The van der Waals surface area contributed by atoms with E-state index in [2.05, 4.69) is 48.3 Å². The van der Waals surface area contributed by atoms with E-state index in [4.69, 9.17) is 16.0 Å². The molecule has 1 aliphatic heterocycles. The van der Waals surface area contributed by atoms with Gasteiger partial charge in [0.15, 0.2) is 11.2 Å². The highest BCUT2D eigenvalue weighted by Crippen LogP contribution is 2.26. The van der Waals surface area contributed by atoms with Crippen LogP contribution in [0.25, 0.3) is 11.0 Å². The Bertz CT molecular complexity index is 1200. The summed E-state index contributed by atoms with van der Waals surface area (Å²) in [4.78, 5) is 28.0. The Morgan fingerprint density at radius 2 is 1.71 bits per heavy atom. The van der Waals surface area contributed by atoms with Crippen LogP contribution < -0.4 is 10.7 Å². The number of hydrogen-bond acceptors (Lipinski definition) is 4. The number of nitrogens with zero attached hydrogens (tertiary/aromatic N) is 1. The van der Waals surface area contributed by atoms with Gasteiger partial charge in [-0.3, -0.25) is 14.5 Å². The van der Waals surface area contributed by atoms with E-state index < -0.39 is 0 Å². The Morgan fingerprint density at radius 1 is 1.06 bits per heavy atom. The molecule has 1 atom stereocenters. The van der Waals surface area contributed by atoms with Gasteiger partial charge in [-0.1, -0.05) is 56.1 Å². The smallest absolute Gasteiger partial charge is 0.287 e. The van der Waals surface area contributed by atoms with E-state index in [1.807, 2.05) is 6.92 Å². The van der Waals surface area contributed by atoms with Crippen LogP contribution in [0.3, 0.4) is 0 Å². The molecule has 5 nitrogen and oxygen atoms in total. The van der Waals surface area contributed by atoms with Crippen LogP contribution in [0.1, 0.15) is 72.3 Å². The second-order valence-corrected chi connectivity index (χ2v) is 9.62. The van der Waals surface area contributed by atoms with Crippen molar-refractivity contribution < 1.29 is 9.21 Å². The first-order chi connectivity index (χ1) is 15.8. The number of halogens is 2. The number of nitrogens with one attached hydrogen (secondary N) is 1. The molecule has 0 aliphatic carbocycles. The SMILES string of the molecule is Cc1cc2oc(C(=O)NCC(c3ccc(C(C)C)cc3)N3CCCCC3)cc(=O)c2cc1Cl.Cl. The summed E-state index contributed by atoms with van der Waals surface area (Å²) in [6, 6.07) is 13.3. The molecule has 1 aromatic heterocycles. The molecule has 182 valence electrons. The molecular weight excluding hydrogens is 471 g/mol. The lowest BCUT2D eigenvalue weighted by molar-refractivity contribution is 0.0897. The third-order valence-corrected chi connectivity index (χ3v) is 6.91. The fourth-order valence-corrected chi connectivity index (χ4v) is 4.62. The number of likely N-dealkylation sites (tertiary alicyclic amines) is 1. The highest BCUT2D eigenvalue weighted by Gasteiger charge is 2.24. The van der Waals surface area contributed by atoms with E-state index in [0.717, 1.165) is 31.5 Å². The normalized spacial score (nSPS) is 15.2. The molecule has 1 amide bonds. The van der Waals surface area contributed by atoms with Crippen LogP contribution in [-0.4, -0.2) is 30.4 Å². The molecule has 2 heterocycles. The molecule has 0 radical (unpaired) electrons. The number of rotatable bonds is 6. The first-order valence-electron chi connectivity index (χ1n) is 11.7. The predicted octanol–water partition coefficient (Wildman–Crippen LogP) is 6.26. The number of fused-ring (bicyclic) bond motifs is 1. The Morgan fingerprint density at radius 3 is 2.35 bits per heavy atom. The summed E-state index contributed by atoms with van der Waals surface area (Å²) in [6.45, 7) is 8.67. The molecule has 34 heavy (non-hydrogen) atoms. The number of benzene rings is 2. The van der Waals surface area contributed by atoms with Crippen LogP contribution in [0.5, 0.6) is 0 Å². The number of amides is 1. The molecule has 4 rings (SSSR count). The van der Waals surface area contributed by atoms with Crippen molar-refractivity contribution in [2.45, 2.75) is 52.0 Å². The summed E-state index contributed by atoms with van der Waals surface area (Å²) in [7, 11) is 0. The molecule has 0 spiro atoms. The number of carbonyl (C=O) groups excluding carboxylic acids is 1. The van der Waals surface area contributed by atoms with E-state index in [9.17, 15) is 9.59 Å². The van der Waals surface area contributed by atoms with Crippen molar-refractivity contribution in [3.8, 4) is 0 Å². The summed E-state index contributed by atoms with van der Waals surface area (Å²) in [5.74, 6) is 0.102. The zero-order valence-electron chi connectivity index (χ0n) is 19.9. The minimum atomic E-state index is -0.387. The first-order valence-corrected chi connectivity index (χ1v) is 12.1. The molecule has 1 unspecified atom stereocenters. The van der Waals surface area contributed by atoms with Gasteiger partial charge in [0.25, 0.3) is 5.91 Å². The van der Waals surface area contributed by atoms with Gasteiger partial charge in [-0.2, -0.15) is 0 Å². The Labute approximate surface area is 211 Å². The van der Waals surface area contributed by atoms with Crippen molar-refractivity contribution in [3.63, 3.8) is 0 Å². The van der Waals surface area contributed by atoms with Crippen molar-refractivity contribution in [1.29, 1.82) is 0 Å². The zero-order valence-corrected chi connectivity index (χ0v) is 21.5. The fraction of sp³-hybridized carbons (Fsp3) is 0.407. The van der Waals surface area contributed by atoms with Crippen molar-refractivity contribution in [1.82, 2.24) is 10.2 Å². The first kappa shape index (κ1) is 26.3. The molecule has 7 heteroatoms. The van der Waals surface area contributed by atoms with E-state index in [-0.39, 0.29) is 35.5 Å². The maximum Gasteiger partial charge on any atom is 0.287 e. The van der Waals surface area contributed by atoms with Gasteiger partial charge in [0, 0.05) is 17.6 Å². The molecular formula is C27H32Cl2N2O3. The molecule has 1 aliphatic rings. The largest absolute Gasteiger partial charge is 0.451 e. The molecule has 3 aromatic rings. The molecule has 0 bridgehead atoms. The summed E-state index contributed by atoms with van der Waals surface area (Å²) in [5, 5.41) is 3.88. The van der Waals surface area contributed by atoms with Gasteiger partial charge in [0.1, 0.15) is 5.58 Å². The van der Waals surface area contributed by atoms with Crippen molar-refractivity contribution in [2.75, 3.05) is 19.6 Å². The third-order valence-electron chi connectivity index (χ3n) is 6.51. The van der Waals surface area contributed by atoms with Crippen molar-refractivity contribution in [3.05, 3.63) is 80.2 Å². The molecule has 0 saturated carbocycles. The monoisotopic (exact) mass is 502 g/mol. The summed E-state index contributed by atoms with van der Waals surface area (Å²) in [6.07, 6.45) is 3.57. The van der Waals surface area contributed by atoms with E-state index in [1.54, 1.807) is 12.1 Å². The van der Waals surface area contributed by atoms with Crippen LogP contribution in [0.4, 0.5) is 0 Å². The Kier molecular flexibility index (Phi) is 8.80. The van der Waals surface area contributed by atoms with E-state index in [0.29, 0.717) is 28.5 Å². The average molecular weight is 503 g/mol. The maximum absolute atomic E-state index is 13.0. The van der Waals surface area contributed by atoms with Gasteiger partial charge >= 0.3 is 0 Å². The van der Waals surface area contributed by atoms with Crippen molar-refractivity contribution >= 4 is 40.9 Å². The summed E-state index contributed by atoms with van der Waals surface area (Å²) < 4.78 is 5.78. The van der Waals surface area contributed by atoms with Crippen LogP contribution in [0, 0.1) is 6.92 Å². The minimum absolute atomic E-state index is 0. The van der Waals surface area contributed by atoms with E-state index >= 15 is 0 Å². The summed E-state index contributed by atoms with van der Waals surface area (Å²) >= 11 is 6.14. The maximum atomic E-state index is 13.0. The number of piperidine rings is 1. The second-order valence-electron chi connectivity index (χ2n) is 9.22. The molecule has 1 saturated heterocycles. The quantitative estimate of drug-likeness (QED) is 0.432. The lowest BCUT2D eigenvalue weighted by Gasteiger charge is -2.35. The number of carbonyl (C=O) groups is 1. The van der Waals surface area contributed by atoms with Gasteiger partial charge in [0.05, 0.1) is 11.4 Å². The fourth-order valence-electron chi connectivity index (χ4n) is 4.46. The van der Waals surface area contributed by atoms with Crippen LogP contribution in [-0.2, 0) is 0 Å². The molecule has 1 fully saturated rings. The molecule has 1 N–H and O–H groups in total. The number of aryl methyl sites for hydroxylation is 1. The van der Waals surface area contributed by atoms with Gasteiger partial charge in [-0.15, -0.1) is 12.4 Å². The minimum Gasteiger partial charge on any atom is -0.451 e. The predicted molar refractivity (Wildman–Crippen MR) is 141 cm³/mol. The molecule has 2 aromatic carbocycles. The van der Waals surface area contributed by atoms with Gasteiger partial charge in [0.2, 0.25) is 0 Å². The van der Waals surface area contributed by atoms with Crippen molar-refractivity contribution in [2.24, 2.45) is 0 Å². The Balaban J connectivity index is 0.00000324. The van der Waals surface area contributed by atoms with Gasteiger partial charge in [-0.05, 0) is 67.6 Å². The highest BCUT2D eigenvalue weighted by atomic mass is 35.5. The Hall–Kier alpha value is -2.34. The zero-order chi connectivity index (χ0) is 23.5. The number of hydrogen-bond donors (Lipinski definition) is 1. The topological polar surface area (TPSA) is 62.6 Å². The van der Waals surface area contributed by atoms with Crippen LogP contribution in [0.2, 0.25) is 5.02 Å². The lowest BCUT2D eigenvalue weighted by atomic mass is 9.97.